The summed E-state index contributed by atoms with van der Waals surface area (Å²) in [6, 6.07) is 4.22. The molecular weight excluding hydrogens is 331 g/mol. The van der Waals surface area contributed by atoms with Gasteiger partial charge in [0, 0.05) is 16.2 Å². The van der Waals surface area contributed by atoms with Gasteiger partial charge < -0.3 is 5.32 Å². The third kappa shape index (κ3) is 3.68. The van der Waals surface area contributed by atoms with Gasteiger partial charge in [0.15, 0.2) is 0 Å². The van der Waals surface area contributed by atoms with E-state index < -0.39 is 11.7 Å². The van der Waals surface area contributed by atoms with Gasteiger partial charge in [-0.2, -0.15) is 13.2 Å². The summed E-state index contributed by atoms with van der Waals surface area (Å²) in [5, 5.41) is 3.29. The first-order valence-corrected chi connectivity index (χ1v) is 7.62. The van der Waals surface area contributed by atoms with Crippen LogP contribution < -0.4 is 5.32 Å². The van der Waals surface area contributed by atoms with Crippen LogP contribution in [0.5, 0.6) is 0 Å². The number of alkyl halides is 3. The maximum atomic E-state index is 12.8. The molecule has 1 N–H and O–H groups in total. The molecule has 1 aromatic rings. The predicted octanol–water partition coefficient (Wildman–Crippen LogP) is 5.85. The van der Waals surface area contributed by atoms with Crippen molar-refractivity contribution < 1.29 is 13.2 Å². The summed E-state index contributed by atoms with van der Waals surface area (Å²) in [5.41, 5.74) is 0.0218. The van der Waals surface area contributed by atoms with Crippen molar-refractivity contribution >= 4 is 21.6 Å². The van der Waals surface area contributed by atoms with Crippen molar-refractivity contribution in [3.05, 3.63) is 28.2 Å². The van der Waals surface area contributed by atoms with Gasteiger partial charge in [0.05, 0.1) is 5.56 Å². The molecule has 0 amide bonds. The number of halogens is 4. The first-order valence-electron chi connectivity index (χ1n) is 6.83. The second kappa shape index (κ2) is 5.58. The summed E-state index contributed by atoms with van der Waals surface area (Å²) in [6.07, 6.45) is 0.104. The Morgan fingerprint density at radius 2 is 1.90 bits per heavy atom. The highest BCUT2D eigenvalue weighted by Gasteiger charge is 2.34. The third-order valence-electron chi connectivity index (χ3n) is 4.07. The van der Waals surface area contributed by atoms with Crippen LogP contribution in [0, 0.1) is 5.41 Å². The molecule has 0 aliphatic heterocycles. The van der Waals surface area contributed by atoms with Crippen LogP contribution in [0.15, 0.2) is 22.7 Å². The Balaban J connectivity index is 2.23. The van der Waals surface area contributed by atoms with Gasteiger partial charge in [-0.05, 0) is 36.5 Å². The number of anilines is 1. The zero-order chi connectivity index (χ0) is 15.0. The molecule has 1 fully saturated rings. The Morgan fingerprint density at radius 3 is 2.50 bits per heavy atom. The molecule has 1 aliphatic rings. The van der Waals surface area contributed by atoms with Crippen molar-refractivity contribution in [1.82, 2.24) is 0 Å². The van der Waals surface area contributed by atoms with Crippen LogP contribution in [0.3, 0.4) is 0 Å². The predicted molar refractivity (Wildman–Crippen MR) is 78.8 cm³/mol. The van der Waals surface area contributed by atoms with Gasteiger partial charge in [0.2, 0.25) is 0 Å². The summed E-state index contributed by atoms with van der Waals surface area (Å²) < 4.78 is 38.9. The van der Waals surface area contributed by atoms with Crippen LogP contribution in [0.25, 0.3) is 0 Å². The molecule has 20 heavy (non-hydrogen) atoms. The lowest BCUT2D eigenvalue weighted by Gasteiger charge is -2.39. The van der Waals surface area contributed by atoms with E-state index in [-0.39, 0.29) is 11.5 Å². The molecule has 1 unspecified atom stereocenters. The highest BCUT2D eigenvalue weighted by atomic mass is 79.9. The van der Waals surface area contributed by atoms with Crippen LogP contribution in [-0.4, -0.2) is 6.04 Å². The second-order valence-corrected chi connectivity index (χ2v) is 7.07. The van der Waals surface area contributed by atoms with Crippen molar-refractivity contribution in [2.45, 2.75) is 51.7 Å². The largest absolute Gasteiger partial charge is 0.416 e. The van der Waals surface area contributed by atoms with Crippen LogP contribution in [0.4, 0.5) is 18.9 Å². The van der Waals surface area contributed by atoms with E-state index >= 15 is 0 Å². The monoisotopic (exact) mass is 349 g/mol. The van der Waals surface area contributed by atoms with Gasteiger partial charge >= 0.3 is 6.18 Å². The van der Waals surface area contributed by atoms with Crippen molar-refractivity contribution in [2.24, 2.45) is 5.41 Å². The fourth-order valence-corrected chi connectivity index (χ4v) is 3.29. The van der Waals surface area contributed by atoms with Crippen molar-refractivity contribution in [3.8, 4) is 0 Å². The molecule has 2 rings (SSSR count). The third-order valence-corrected chi connectivity index (χ3v) is 4.53. The minimum atomic E-state index is -4.32. The number of rotatable bonds is 2. The Bertz CT molecular complexity index is 482. The maximum absolute atomic E-state index is 12.8. The first-order chi connectivity index (χ1) is 9.18. The van der Waals surface area contributed by atoms with E-state index in [2.05, 4.69) is 35.1 Å². The molecule has 1 aromatic carbocycles. The van der Waals surface area contributed by atoms with Gasteiger partial charge in [-0.15, -0.1) is 0 Å². The van der Waals surface area contributed by atoms with E-state index in [4.69, 9.17) is 0 Å². The van der Waals surface area contributed by atoms with Crippen molar-refractivity contribution in [2.75, 3.05) is 5.32 Å². The molecule has 0 saturated heterocycles. The highest BCUT2D eigenvalue weighted by Crippen LogP contribution is 2.39. The van der Waals surface area contributed by atoms with Gasteiger partial charge in [-0.3, -0.25) is 0 Å². The lowest BCUT2D eigenvalue weighted by Crippen LogP contribution is -2.38. The van der Waals surface area contributed by atoms with Crippen molar-refractivity contribution in [3.63, 3.8) is 0 Å². The molecule has 1 saturated carbocycles. The fraction of sp³-hybridized carbons (Fsp3) is 0.600. The summed E-state index contributed by atoms with van der Waals surface area (Å²) in [5.74, 6) is 0. The lowest BCUT2D eigenvalue weighted by molar-refractivity contribution is -0.137. The molecule has 1 nitrogen and oxygen atoms in total. The van der Waals surface area contributed by atoms with Gasteiger partial charge in [-0.25, -0.2) is 0 Å². The average molecular weight is 350 g/mol. The lowest BCUT2D eigenvalue weighted by atomic mass is 9.73. The molecule has 1 atom stereocenters. The molecule has 0 radical (unpaired) electrons. The van der Waals surface area contributed by atoms with E-state index in [0.29, 0.717) is 10.2 Å². The fourth-order valence-electron chi connectivity index (χ4n) is 2.80. The normalized spacial score (nSPS) is 22.6. The molecule has 112 valence electrons. The summed E-state index contributed by atoms with van der Waals surface area (Å²) >= 11 is 3.16. The van der Waals surface area contributed by atoms with Gasteiger partial charge in [-0.1, -0.05) is 42.6 Å². The minimum Gasteiger partial charge on any atom is -0.382 e. The quantitative estimate of drug-likeness (QED) is 0.706. The molecule has 0 aromatic heterocycles. The van der Waals surface area contributed by atoms with E-state index in [1.54, 1.807) is 6.07 Å². The summed E-state index contributed by atoms with van der Waals surface area (Å²) in [7, 11) is 0. The SMILES string of the molecule is CC1(C)CCCCC1Nc1cc(Br)cc(C(F)(F)F)c1. The summed E-state index contributed by atoms with van der Waals surface area (Å²) in [4.78, 5) is 0. The molecule has 0 heterocycles. The average Bonchev–Trinajstić information content (AvgIpc) is 2.30. The van der Waals surface area contributed by atoms with E-state index in [0.717, 1.165) is 25.3 Å². The molecular formula is C15H19BrF3N. The van der Waals surface area contributed by atoms with E-state index in [9.17, 15) is 13.2 Å². The molecule has 5 heteroatoms. The minimum absolute atomic E-state index is 0.110. The van der Waals surface area contributed by atoms with Crippen LogP contribution in [0.1, 0.15) is 45.1 Å². The standard InChI is InChI=1S/C15H19BrF3N/c1-14(2)6-4-3-5-13(14)20-12-8-10(15(17,18)19)7-11(16)9-12/h7-9,13,20H,3-6H2,1-2H3. The van der Waals surface area contributed by atoms with Crippen LogP contribution in [0.2, 0.25) is 0 Å². The smallest absolute Gasteiger partial charge is 0.382 e. The van der Waals surface area contributed by atoms with Crippen LogP contribution in [-0.2, 0) is 6.18 Å². The van der Waals surface area contributed by atoms with Gasteiger partial charge in [0.1, 0.15) is 0 Å². The topological polar surface area (TPSA) is 12.0 Å². The van der Waals surface area contributed by atoms with E-state index in [1.165, 1.54) is 12.5 Å². The number of benzene rings is 1. The Kier molecular flexibility index (Phi) is 4.38. The molecule has 1 aliphatic carbocycles. The zero-order valence-electron chi connectivity index (χ0n) is 11.6. The molecule has 0 spiro atoms. The van der Waals surface area contributed by atoms with Crippen LogP contribution >= 0.6 is 15.9 Å². The highest BCUT2D eigenvalue weighted by molar-refractivity contribution is 9.10. The Labute approximate surface area is 126 Å². The number of nitrogens with one attached hydrogen (secondary N) is 1. The second-order valence-electron chi connectivity index (χ2n) is 6.16. The summed E-state index contributed by atoms with van der Waals surface area (Å²) in [6.45, 7) is 4.35. The zero-order valence-corrected chi connectivity index (χ0v) is 13.2. The van der Waals surface area contributed by atoms with Crippen molar-refractivity contribution in [1.29, 1.82) is 0 Å². The first kappa shape index (κ1) is 15.7. The van der Waals surface area contributed by atoms with Gasteiger partial charge in [0.25, 0.3) is 0 Å². The molecule has 0 bridgehead atoms. The Morgan fingerprint density at radius 1 is 1.20 bits per heavy atom. The maximum Gasteiger partial charge on any atom is 0.416 e. The van der Waals surface area contributed by atoms with E-state index in [1.807, 2.05) is 0 Å². The Hall–Kier alpha value is -0.710. The number of hydrogen-bond donors (Lipinski definition) is 1. The number of hydrogen-bond acceptors (Lipinski definition) is 1.